The number of hydrogen-bond donors (Lipinski definition) is 3. The van der Waals surface area contributed by atoms with Crippen LogP contribution in [0.1, 0.15) is 49.2 Å². The minimum absolute atomic E-state index is 0.0821. The Labute approximate surface area is 177 Å². The van der Waals surface area contributed by atoms with Crippen LogP contribution in [0.15, 0.2) is 42.5 Å². The van der Waals surface area contributed by atoms with Crippen LogP contribution in [0.2, 0.25) is 0 Å². The molecule has 2 aromatic carbocycles. The van der Waals surface area contributed by atoms with Crippen LogP contribution in [-0.4, -0.2) is 35.7 Å². The third kappa shape index (κ3) is 7.75. The molecule has 2 aromatic rings. The van der Waals surface area contributed by atoms with Gasteiger partial charge in [0.05, 0.1) is 12.2 Å². The third-order valence-corrected chi connectivity index (χ3v) is 4.04. The summed E-state index contributed by atoms with van der Waals surface area (Å²) in [4.78, 5) is 22.9. The van der Waals surface area contributed by atoms with Crippen LogP contribution >= 0.6 is 0 Å². The largest absolute Gasteiger partial charge is 0.490 e. The SMILES string of the molecule is CCOc1cc(CNCc2ccc(C(=O)O)cc2)ccc1OCC(=O)NC(C)(C)C. The van der Waals surface area contributed by atoms with E-state index in [1.165, 1.54) is 0 Å². The van der Waals surface area contributed by atoms with Gasteiger partial charge in [-0.15, -0.1) is 0 Å². The van der Waals surface area contributed by atoms with Crippen molar-refractivity contribution in [2.24, 2.45) is 0 Å². The van der Waals surface area contributed by atoms with E-state index in [2.05, 4.69) is 10.6 Å². The van der Waals surface area contributed by atoms with Crippen molar-refractivity contribution in [1.82, 2.24) is 10.6 Å². The van der Waals surface area contributed by atoms with Crippen LogP contribution < -0.4 is 20.1 Å². The summed E-state index contributed by atoms with van der Waals surface area (Å²) in [5, 5.41) is 15.1. The molecule has 0 aromatic heterocycles. The molecule has 7 nitrogen and oxygen atoms in total. The lowest BCUT2D eigenvalue weighted by atomic mass is 10.1. The van der Waals surface area contributed by atoms with Crippen LogP contribution in [0.4, 0.5) is 0 Å². The Kier molecular flexibility index (Phi) is 8.24. The molecule has 1 amide bonds. The highest BCUT2D eigenvalue weighted by Crippen LogP contribution is 2.28. The first-order valence-corrected chi connectivity index (χ1v) is 9.90. The van der Waals surface area contributed by atoms with Crippen molar-refractivity contribution >= 4 is 11.9 Å². The molecule has 0 spiro atoms. The van der Waals surface area contributed by atoms with Crippen molar-refractivity contribution in [3.05, 3.63) is 59.2 Å². The summed E-state index contributed by atoms with van der Waals surface area (Å²) in [5.74, 6) is -0.0131. The van der Waals surface area contributed by atoms with Gasteiger partial charge < -0.3 is 25.2 Å². The van der Waals surface area contributed by atoms with E-state index in [1.807, 2.05) is 39.8 Å². The fourth-order valence-corrected chi connectivity index (χ4v) is 2.76. The zero-order valence-corrected chi connectivity index (χ0v) is 18.0. The molecular weight excluding hydrogens is 384 g/mol. The maximum absolute atomic E-state index is 12.0. The molecule has 0 saturated heterocycles. The molecule has 3 N–H and O–H groups in total. The minimum Gasteiger partial charge on any atom is -0.490 e. The Morgan fingerprint density at radius 1 is 0.933 bits per heavy atom. The van der Waals surface area contributed by atoms with Gasteiger partial charge in [0, 0.05) is 18.6 Å². The fourth-order valence-electron chi connectivity index (χ4n) is 2.76. The van der Waals surface area contributed by atoms with Gasteiger partial charge in [-0.2, -0.15) is 0 Å². The number of aromatic carboxylic acids is 1. The smallest absolute Gasteiger partial charge is 0.335 e. The van der Waals surface area contributed by atoms with E-state index >= 15 is 0 Å². The Morgan fingerprint density at radius 3 is 2.17 bits per heavy atom. The number of benzene rings is 2. The predicted molar refractivity (Wildman–Crippen MR) is 115 cm³/mol. The van der Waals surface area contributed by atoms with E-state index in [4.69, 9.17) is 14.6 Å². The fraction of sp³-hybridized carbons (Fsp3) is 0.391. The lowest BCUT2D eigenvalue weighted by Gasteiger charge is -2.21. The molecule has 0 fully saturated rings. The summed E-state index contributed by atoms with van der Waals surface area (Å²) >= 11 is 0. The highest BCUT2D eigenvalue weighted by Gasteiger charge is 2.15. The van der Waals surface area contributed by atoms with Gasteiger partial charge in [-0.1, -0.05) is 18.2 Å². The van der Waals surface area contributed by atoms with Crippen LogP contribution in [0.3, 0.4) is 0 Å². The maximum atomic E-state index is 12.0. The number of hydrogen-bond acceptors (Lipinski definition) is 5. The van der Waals surface area contributed by atoms with Gasteiger partial charge in [-0.3, -0.25) is 4.79 Å². The number of carboxylic acids is 1. The summed E-state index contributed by atoms with van der Waals surface area (Å²) in [6.45, 7) is 9.25. The number of carbonyl (C=O) groups excluding carboxylic acids is 1. The quantitative estimate of drug-likeness (QED) is 0.552. The van der Waals surface area contributed by atoms with Crippen LogP contribution in [0, 0.1) is 0 Å². The van der Waals surface area contributed by atoms with E-state index in [1.54, 1.807) is 30.3 Å². The lowest BCUT2D eigenvalue weighted by Crippen LogP contribution is -2.43. The normalized spacial score (nSPS) is 11.1. The molecule has 2 rings (SSSR count). The summed E-state index contributed by atoms with van der Waals surface area (Å²) in [7, 11) is 0. The van der Waals surface area contributed by atoms with Crippen molar-refractivity contribution < 1.29 is 24.2 Å². The summed E-state index contributed by atoms with van der Waals surface area (Å²) in [6, 6.07) is 12.4. The van der Waals surface area contributed by atoms with Crippen molar-refractivity contribution in [3.63, 3.8) is 0 Å². The average molecular weight is 415 g/mol. The Morgan fingerprint density at radius 2 is 1.57 bits per heavy atom. The van der Waals surface area contributed by atoms with Crippen LogP contribution in [0.25, 0.3) is 0 Å². The molecule has 0 saturated carbocycles. The van der Waals surface area contributed by atoms with Crippen LogP contribution in [0.5, 0.6) is 11.5 Å². The van der Waals surface area contributed by atoms with Crippen molar-refractivity contribution in [2.75, 3.05) is 13.2 Å². The van der Waals surface area contributed by atoms with E-state index in [-0.39, 0.29) is 23.6 Å². The molecular formula is C23H30N2O5. The van der Waals surface area contributed by atoms with Gasteiger partial charge in [0.25, 0.3) is 5.91 Å². The molecule has 30 heavy (non-hydrogen) atoms. The highest BCUT2D eigenvalue weighted by molar-refractivity contribution is 5.87. The van der Waals surface area contributed by atoms with Gasteiger partial charge in [-0.05, 0) is 63.1 Å². The first-order valence-electron chi connectivity index (χ1n) is 9.90. The zero-order valence-electron chi connectivity index (χ0n) is 18.0. The molecule has 0 bridgehead atoms. The Bertz CT molecular complexity index is 857. The van der Waals surface area contributed by atoms with Gasteiger partial charge in [0.1, 0.15) is 0 Å². The molecule has 7 heteroatoms. The number of carboxylic acid groups (broad SMARTS) is 1. The van der Waals surface area contributed by atoms with Gasteiger partial charge in [0.2, 0.25) is 0 Å². The third-order valence-electron chi connectivity index (χ3n) is 4.04. The molecule has 0 aliphatic rings. The van der Waals surface area contributed by atoms with Gasteiger partial charge in [0.15, 0.2) is 18.1 Å². The number of carbonyl (C=O) groups is 2. The molecule has 0 aliphatic heterocycles. The first kappa shape index (κ1) is 23.2. The zero-order chi connectivity index (χ0) is 22.1. The lowest BCUT2D eigenvalue weighted by molar-refractivity contribution is -0.124. The van der Waals surface area contributed by atoms with E-state index in [9.17, 15) is 9.59 Å². The van der Waals surface area contributed by atoms with Gasteiger partial charge in [-0.25, -0.2) is 4.79 Å². The minimum atomic E-state index is -0.934. The second kappa shape index (κ2) is 10.6. The summed E-state index contributed by atoms with van der Waals surface area (Å²) in [5.41, 5.74) is 1.96. The first-order chi connectivity index (χ1) is 14.2. The monoisotopic (exact) mass is 414 g/mol. The second-order valence-electron chi connectivity index (χ2n) is 7.91. The van der Waals surface area contributed by atoms with E-state index in [0.29, 0.717) is 31.2 Å². The standard InChI is InChI=1S/C23H30N2O5/c1-5-29-20-12-17(8-11-19(20)30-15-21(26)25-23(2,3)4)14-24-13-16-6-9-18(10-7-16)22(27)28/h6-12,24H,5,13-15H2,1-4H3,(H,25,26)(H,27,28). The number of nitrogens with one attached hydrogen (secondary N) is 2. The predicted octanol–water partition coefficient (Wildman–Crippen LogP) is 3.37. The van der Waals surface area contributed by atoms with Crippen molar-refractivity contribution in [1.29, 1.82) is 0 Å². The molecule has 0 heterocycles. The van der Waals surface area contributed by atoms with Crippen LogP contribution in [-0.2, 0) is 17.9 Å². The van der Waals surface area contributed by atoms with Crippen molar-refractivity contribution in [2.45, 2.75) is 46.3 Å². The summed E-state index contributed by atoms with van der Waals surface area (Å²) < 4.78 is 11.3. The Hall–Kier alpha value is -3.06. The van der Waals surface area contributed by atoms with E-state index in [0.717, 1.165) is 11.1 Å². The number of rotatable bonds is 10. The Balaban J connectivity index is 1.93. The second-order valence-corrected chi connectivity index (χ2v) is 7.91. The maximum Gasteiger partial charge on any atom is 0.335 e. The molecule has 0 aliphatic carbocycles. The average Bonchev–Trinajstić information content (AvgIpc) is 2.66. The highest BCUT2D eigenvalue weighted by atomic mass is 16.5. The number of ether oxygens (including phenoxy) is 2. The molecule has 0 atom stereocenters. The van der Waals surface area contributed by atoms with Gasteiger partial charge >= 0.3 is 5.97 Å². The topological polar surface area (TPSA) is 96.9 Å². The number of amides is 1. The summed E-state index contributed by atoms with van der Waals surface area (Å²) in [6.07, 6.45) is 0. The molecule has 162 valence electrons. The van der Waals surface area contributed by atoms with Crippen molar-refractivity contribution in [3.8, 4) is 11.5 Å². The molecule has 0 radical (unpaired) electrons. The molecule has 0 unspecified atom stereocenters. The van der Waals surface area contributed by atoms with E-state index < -0.39 is 5.97 Å².